The molecule has 0 aliphatic carbocycles. The van der Waals surface area contributed by atoms with Gasteiger partial charge in [0.05, 0.1) is 5.25 Å². The lowest BCUT2D eigenvalue weighted by Crippen LogP contribution is -2.51. The Morgan fingerprint density at radius 3 is 2.38 bits per heavy atom. The van der Waals surface area contributed by atoms with Gasteiger partial charge in [0, 0.05) is 44.3 Å². The summed E-state index contributed by atoms with van der Waals surface area (Å²) < 4.78 is 0. The summed E-state index contributed by atoms with van der Waals surface area (Å²) in [6.45, 7) is 8.86. The van der Waals surface area contributed by atoms with Gasteiger partial charge in [0.1, 0.15) is 5.37 Å². The molecule has 0 bridgehead atoms. The Kier molecular flexibility index (Phi) is 7.21. The Morgan fingerprint density at radius 1 is 1.00 bits per heavy atom. The number of likely N-dealkylation sites (tertiary alicyclic amines) is 1. The average Bonchev–Trinajstić information content (AvgIpc) is 3.17. The van der Waals surface area contributed by atoms with E-state index >= 15 is 0 Å². The van der Waals surface area contributed by atoms with Gasteiger partial charge in [-0.3, -0.25) is 9.59 Å². The van der Waals surface area contributed by atoms with Crippen LogP contribution in [0.2, 0.25) is 0 Å². The van der Waals surface area contributed by atoms with Gasteiger partial charge < -0.3 is 20.0 Å². The summed E-state index contributed by atoms with van der Waals surface area (Å²) in [5.41, 5.74) is 3.06. The summed E-state index contributed by atoms with van der Waals surface area (Å²) in [6, 6.07) is 18.0. The summed E-state index contributed by atoms with van der Waals surface area (Å²) in [6.07, 6.45) is 1.71. The van der Waals surface area contributed by atoms with E-state index in [0.29, 0.717) is 26.2 Å². The number of thioether (sulfide) groups is 1. The quantitative estimate of drug-likeness (QED) is 0.595. The number of anilines is 1. The van der Waals surface area contributed by atoms with Gasteiger partial charge in [-0.15, -0.1) is 11.8 Å². The SMILES string of the molecule is CC(C)(C)CN1C(=O)C(CC(=O)N2CCC(N3Cc4ccccc4NC3=O)CC2)SC1c1ccccc1. The molecule has 8 heteroatoms. The van der Waals surface area contributed by atoms with Gasteiger partial charge in [0.2, 0.25) is 11.8 Å². The second-order valence-electron chi connectivity index (χ2n) is 11.4. The molecule has 0 radical (unpaired) electrons. The number of piperidine rings is 1. The largest absolute Gasteiger partial charge is 0.342 e. The number of amides is 4. The summed E-state index contributed by atoms with van der Waals surface area (Å²) in [5, 5.41) is 2.55. The molecule has 2 aromatic carbocycles. The molecule has 196 valence electrons. The Bertz CT molecular complexity index is 1160. The fourth-order valence-electron chi connectivity index (χ4n) is 5.50. The van der Waals surface area contributed by atoms with Gasteiger partial charge in [0.15, 0.2) is 0 Å². The first-order valence-corrected chi connectivity index (χ1v) is 14.1. The molecule has 3 aliphatic rings. The molecule has 7 nitrogen and oxygen atoms in total. The lowest BCUT2D eigenvalue weighted by atomic mass is 9.95. The van der Waals surface area contributed by atoms with Crippen LogP contribution in [-0.4, -0.2) is 63.5 Å². The highest BCUT2D eigenvalue weighted by Gasteiger charge is 2.44. The van der Waals surface area contributed by atoms with Crippen molar-refractivity contribution in [2.45, 2.75) is 63.2 Å². The number of para-hydroxylation sites is 1. The van der Waals surface area contributed by atoms with Gasteiger partial charge in [-0.05, 0) is 35.4 Å². The molecular formula is C29H36N4O3S. The van der Waals surface area contributed by atoms with Gasteiger partial charge in [-0.25, -0.2) is 4.79 Å². The zero-order chi connectivity index (χ0) is 26.2. The summed E-state index contributed by atoms with van der Waals surface area (Å²) >= 11 is 1.60. The van der Waals surface area contributed by atoms with Crippen LogP contribution in [0.4, 0.5) is 10.5 Å². The highest BCUT2D eigenvalue weighted by atomic mass is 32.2. The molecule has 3 heterocycles. The topological polar surface area (TPSA) is 73.0 Å². The number of rotatable bonds is 5. The molecule has 0 spiro atoms. The summed E-state index contributed by atoms with van der Waals surface area (Å²) in [7, 11) is 0. The molecule has 37 heavy (non-hydrogen) atoms. The smallest absolute Gasteiger partial charge is 0.322 e. The standard InChI is InChI=1S/C29H36N4O3S/c1-29(2,3)19-33-26(35)24(37-27(33)20-9-5-4-6-10-20)17-25(34)31-15-13-22(14-16-31)32-18-21-11-7-8-12-23(21)30-28(32)36/h4-12,22,24,27H,13-19H2,1-3H3,(H,30,36). The third kappa shape index (κ3) is 5.64. The lowest BCUT2D eigenvalue weighted by molar-refractivity contribution is -0.137. The van der Waals surface area contributed by atoms with Gasteiger partial charge >= 0.3 is 6.03 Å². The minimum atomic E-state index is -0.373. The molecule has 0 saturated carbocycles. The van der Waals surface area contributed by atoms with Crippen molar-refractivity contribution in [1.82, 2.24) is 14.7 Å². The van der Waals surface area contributed by atoms with Gasteiger partial charge in [0.25, 0.3) is 0 Å². The molecule has 4 amide bonds. The molecule has 2 atom stereocenters. The van der Waals surface area contributed by atoms with Crippen molar-refractivity contribution in [3.63, 3.8) is 0 Å². The van der Waals surface area contributed by atoms with Crippen molar-refractivity contribution in [3.8, 4) is 0 Å². The van der Waals surface area contributed by atoms with Crippen molar-refractivity contribution in [1.29, 1.82) is 0 Å². The maximum Gasteiger partial charge on any atom is 0.322 e. The second kappa shape index (κ2) is 10.4. The van der Waals surface area contributed by atoms with Crippen LogP contribution < -0.4 is 5.32 Å². The van der Waals surface area contributed by atoms with Crippen LogP contribution in [0, 0.1) is 5.41 Å². The van der Waals surface area contributed by atoms with Crippen LogP contribution >= 0.6 is 11.8 Å². The molecule has 2 unspecified atom stereocenters. The van der Waals surface area contributed by atoms with Crippen molar-refractivity contribution in [2.75, 3.05) is 25.0 Å². The third-order valence-corrected chi connectivity index (χ3v) is 8.82. The van der Waals surface area contributed by atoms with Crippen LogP contribution in [0.3, 0.4) is 0 Å². The number of nitrogens with one attached hydrogen (secondary N) is 1. The van der Waals surface area contributed by atoms with Crippen LogP contribution in [0.15, 0.2) is 54.6 Å². The Labute approximate surface area is 223 Å². The van der Waals surface area contributed by atoms with E-state index in [1.807, 2.05) is 57.2 Å². The van der Waals surface area contributed by atoms with E-state index in [2.05, 4.69) is 38.2 Å². The van der Waals surface area contributed by atoms with Gasteiger partial charge in [-0.2, -0.15) is 0 Å². The predicted octanol–water partition coefficient (Wildman–Crippen LogP) is 5.10. The molecule has 0 aromatic heterocycles. The van der Waals surface area contributed by atoms with Crippen LogP contribution in [0.5, 0.6) is 0 Å². The van der Waals surface area contributed by atoms with Crippen molar-refractivity contribution >= 4 is 35.3 Å². The van der Waals surface area contributed by atoms with Crippen LogP contribution in [0.1, 0.15) is 56.5 Å². The number of benzene rings is 2. The highest BCUT2D eigenvalue weighted by molar-refractivity contribution is 8.01. The Hall–Kier alpha value is -3.00. The molecule has 2 fully saturated rings. The van der Waals surface area contributed by atoms with E-state index < -0.39 is 0 Å². The first-order chi connectivity index (χ1) is 17.7. The predicted molar refractivity (Wildman–Crippen MR) is 147 cm³/mol. The minimum absolute atomic E-state index is 0.0298. The van der Waals surface area contributed by atoms with Crippen molar-refractivity contribution in [2.24, 2.45) is 5.41 Å². The zero-order valence-electron chi connectivity index (χ0n) is 21.9. The number of fused-ring (bicyclic) bond motifs is 1. The van der Waals surface area contributed by atoms with Gasteiger partial charge in [-0.1, -0.05) is 69.3 Å². The molecular weight excluding hydrogens is 484 g/mol. The normalized spacial score (nSPS) is 22.7. The van der Waals surface area contributed by atoms with E-state index in [0.717, 1.165) is 29.7 Å². The molecule has 2 saturated heterocycles. The Balaban J connectivity index is 1.20. The van der Waals surface area contributed by atoms with Crippen LogP contribution in [0.25, 0.3) is 0 Å². The summed E-state index contributed by atoms with van der Waals surface area (Å²) in [4.78, 5) is 45.2. The average molecular weight is 521 g/mol. The van der Waals surface area contributed by atoms with Crippen LogP contribution in [-0.2, 0) is 16.1 Å². The maximum atomic E-state index is 13.5. The van der Waals surface area contributed by atoms with E-state index in [-0.39, 0.29) is 46.3 Å². The number of nitrogens with zero attached hydrogens (tertiary/aromatic N) is 3. The highest BCUT2D eigenvalue weighted by Crippen LogP contribution is 2.45. The molecule has 5 rings (SSSR count). The minimum Gasteiger partial charge on any atom is -0.342 e. The summed E-state index contributed by atoms with van der Waals surface area (Å²) in [5.74, 6) is 0.0860. The molecule has 3 aliphatic heterocycles. The fraction of sp³-hybridized carbons (Fsp3) is 0.483. The first-order valence-electron chi connectivity index (χ1n) is 13.1. The number of hydrogen-bond acceptors (Lipinski definition) is 4. The Morgan fingerprint density at radius 2 is 1.68 bits per heavy atom. The monoisotopic (exact) mass is 520 g/mol. The molecule has 1 N–H and O–H groups in total. The number of carbonyl (C=O) groups excluding carboxylic acids is 3. The number of hydrogen-bond donors (Lipinski definition) is 1. The van der Waals surface area contributed by atoms with Crippen molar-refractivity contribution in [3.05, 3.63) is 65.7 Å². The number of carbonyl (C=O) groups is 3. The van der Waals surface area contributed by atoms with E-state index in [4.69, 9.17) is 0 Å². The lowest BCUT2D eigenvalue weighted by Gasteiger charge is -2.40. The van der Waals surface area contributed by atoms with E-state index in [1.165, 1.54) is 0 Å². The fourth-order valence-corrected chi connectivity index (χ4v) is 6.94. The van der Waals surface area contributed by atoms with E-state index in [9.17, 15) is 14.4 Å². The maximum absolute atomic E-state index is 13.5. The molecule has 2 aromatic rings. The zero-order valence-corrected chi connectivity index (χ0v) is 22.7. The number of urea groups is 1. The first kappa shape index (κ1) is 25.6. The van der Waals surface area contributed by atoms with E-state index in [1.54, 1.807) is 11.8 Å². The van der Waals surface area contributed by atoms with Crippen molar-refractivity contribution < 1.29 is 14.4 Å². The second-order valence-corrected chi connectivity index (χ2v) is 12.7. The third-order valence-electron chi connectivity index (χ3n) is 7.34.